The van der Waals surface area contributed by atoms with Crippen LogP contribution in [0.3, 0.4) is 0 Å². The molecule has 0 spiro atoms. The zero-order chi connectivity index (χ0) is 33.3. The fourth-order valence-electron chi connectivity index (χ4n) is 8.77. The van der Waals surface area contributed by atoms with Gasteiger partial charge in [-0.1, -0.05) is 24.3 Å². The highest BCUT2D eigenvalue weighted by Crippen LogP contribution is 2.57. The highest BCUT2D eigenvalue weighted by Gasteiger charge is 2.40. The molecular weight excluding hydrogens is 681 g/mol. The predicted octanol–water partition coefficient (Wildman–Crippen LogP) is 5.40. The lowest BCUT2D eigenvalue weighted by molar-refractivity contribution is 0.485. The summed E-state index contributed by atoms with van der Waals surface area (Å²) in [6.07, 6.45) is 0. The van der Waals surface area contributed by atoms with E-state index in [9.17, 15) is 26.4 Å². The lowest BCUT2D eigenvalue weighted by atomic mass is 9.85. The summed E-state index contributed by atoms with van der Waals surface area (Å²) in [4.78, 5) is 37.8. The molecule has 2 aliphatic heterocycles. The van der Waals surface area contributed by atoms with Crippen molar-refractivity contribution >= 4 is 118 Å². The van der Waals surface area contributed by atoms with Gasteiger partial charge in [0.1, 0.15) is 21.1 Å². The number of imidazole rings is 2. The zero-order valence-electron chi connectivity index (χ0n) is 24.8. The van der Waals surface area contributed by atoms with Gasteiger partial charge < -0.3 is 8.37 Å². The molecule has 11 aromatic rings. The molecule has 0 bridgehead atoms. The van der Waals surface area contributed by atoms with Crippen LogP contribution < -0.4 is 19.5 Å². The van der Waals surface area contributed by atoms with Gasteiger partial charge in [-0.05, 0) is 48.5 Å². The van der Waals surface area contributed by atoms with Crippen molar-refractivity contribution in [2.45, 2.75) is 9.79 Å². The van der Waals surface area contributed by atoms with E-state index in [1.54, 1.807) is 54.6 Å². The summed E-state index contributed by atoms with van der Waals surface area (Å²) in [5.74, 6) is -0.162. The van der Waals surface area contributed by atoms with Gasteiger partial charge >= 0.3 is 20.2 Å². The van der Waals surface area contributed by atoms with Gasteiger partial charge in [0.15, 0.2) is 11.5 Å². The molecule has 2 aliphatic rings. The average Bonchev–Trinajstić information content (AvgIpc) is 3.68. The number of pyridine rings is 2. The van der Waals surface area contributed by atoms with Crippen molar-refractivity contribution in [2.75, 3.05) is 0 Å². The van der Waals surface area contributed by atoms with Gasteiger partial charge in [-0.3, -0.25) is 18.4 Å². The van der Waals surface area contributed by atoms with Gasteiger partial charge in [0.2, 0.25) is 0 Å². The maximum absolute atomic E-state index is 14.4. The Morgan fingerprint density at radius 2 is 0.900 bits per heavy atom. The van der Waals surface area contributed by atoms with Crippen LogP contribution in [0.25, 0.3) is 98.0 Å². The molecule has 12 nitrogen and oxygen atoms in total. The molecule has 0 fully saturated rings. The first kappa shape index (κ1) is 25.6. The van der Waals surface area contributed by atoms with Gasteiger partial charge in [-0.2, -0.15) is 16.8 Å². The van der Waals surface area contributed by atoms with Crippen molar-refractivity contribution in [3.8, 4) is 11.5 Å². The van der Waals surface area contributed by atoms with Gasteiger partial charge in [-0.15, -0.1) is 0 Å². The number of hydrogen-bond donors (Lipinski definition) is 0. The molecule has 4 aromatic heterocycles. The lowest BCUT2D eigenvalue weighted by Gasteiger charge is -2.28. The molecule has 7 aromatic carbocycles. The SMILES string of the molecule is O=c1c2cc3c4c5c(cc6c(=O)n7c8ccccc8nc7c7cc8c(c9c(cc(c2c94)c2nc4ccccc4n12)OS8(=O)=O)c5c67)OS3(=O)=O. The number of rotatable bonds is 0. The molecule has 0 unspecified atom stereocenters. The summed E-state index contributed by atoms with van der Waals surface area (Å²) >= 11 is 0. The van der Waals surface area contributed by atoms with Crippen molar-refractivity contribution < 1.29 is 25.2 Å². The van der Waals surface area contributed by atoms with Crippen LogP contribution in [-0.2, 0) is 20.2 Å². The molecule has 0 amide bonds. The molecule has 0 N–H and O–H groups in total. The summed E-state index contributed by atoms with van der Waals surface area (Å²) in [6.45, 7) is 0. The van der Waals surface area contributed by atoms with Crippen molar-refractivity contribution in [2.24, 2.45) is 0 Å². The highest BCUT2D eigenvalue weighted by molar-refractivity contribution is 7.87. The Hall–Kier alpha value is -6.38. The fraction of sp³-hybridized carbons (Fsp3) is 0. The van der Waals surface area contributed by atoms with E-state index in [0.717, 1.165) is 0 Å². The summed E-state index contributed by atoms with van der Waals surface area (Å²) in [7, 11) is -9.05. The molecule has 13 rings (SSSR count). The maximum atomic E-state index is 14.4. The third-order valence-electron chi connectivity index (χ3n) is 10.6. The van der Waals surface area contributed by atoms with Crippen LogP contribution in [0.2, 0.25) is 0 Å². The molecule has 6 heterocycles. The van der Waals surface area contributed by atoms with E-state index in [1.807, 2.05) is 0 Å². The molecule has 50 heavy (non-hydrogen) atoms. The van der Waals surface area contributed by atoms with Crippen LogP contribution in [-0.4, -0.2) is 35.6 Å². The van der Waals surface area contributed by atoms with Crippen LogP contribution >= 0.6 is 0 Å². The van der Waals surface area contributed by atoms with E-state index >= 15 is 0 Å². The Kier molecular flexibility index (Phi) is 3.81. The van der Waals surface area contributed by atoms with Crippen LogP contribution in [0.1, 0.15) is 0 Å². The maximum Gasteiger partial charge on any atom is 0.339 e. The first-order valence-corrected chi connectivity index (χ1v) is 18.2. The third kappa shape index (κ3) is 2.50. The Balaban J connectivity index is 1.43. The molecule has 0 saturated heterocycles. The van der Waals surface area contributed by atoms with Crippen LogP contribution in [0, 0.1) is 0 Å². The second-order valence-corrected chi connectivity index (χ2v) is 15.9. The number of aromatic nitrogens is 4. The van der Waals surface area contributed by atoms with Crippen molar-refractivity contribution in [1.82, 2.24) is 18.8 Å². The second kappa shape index (κ2) is 7.44. The van der Waals surface area contributed by atoms with Gasteiger partial charge in [0.25, 0.3) is 11.1 Å². The summed E-state index contributed by atoms with van der Waals surface area (Å²) in [6, 6.07) is 19.8. The number of fused-ring (bicyclic) bond motifs is 8. The largest absolute Gasteiger partial charge is 0.378 e. The first-order chi connectivity index (χ1) is 24.1. The Bertz CT molecular complexity index is 3870. The van der Waals surface area contributed by atoms with E-state index in [-0.39, 0.29) is 54.1 Å². The Morgan fingerprint density at radius 3 is 1.42 bits per heavy atom. The van der Waals surface area contributed by atoms with E-state index < -0.39 is 31.4 Å². The molecule has 0 atom stereocenters. The monoisotopic (exact) mass is 692 g/mol. The second-order valence-electron chi connectivity index (χ2n) is 12.9. The molecule has 0 saturated carbocycles. The van der Waals surface area contributed by atoms with Crippen molar-refractivity contribution in [3.05, 3.63) is 93.5 Å². The quantitative estimate of drug-likeness (QED) is 0.115. The first-order valence-electron chi connectivity index (χ1n) is 15.4. The number of nitrogens with zero attached hydrogens (tertiary/aromatic N) is 4. The van der Waals surface area contributed by atoms with E-state index in [4.69, 9.17) is 18.3 Å². The lowest BCUT2D eigenvalue weighted by Crippen LogP contribution is -2.21. The summed E-state index contributed by atoms with van der Waals surface area (Å²) in [5.41, 5.74) is 1.63. The minimum absolute atomic E-state index is 0.0431. The third-order valence-corrected chi connectivity index (χ3v) is 13.1. The summed E-state index contributed by atoms with van der Waals surface area (Å²) < 4.78 is 71.1. The fourth-order valence-corrected chi connectivity index (χ4v) is 11.1. The minimum atomic E-state index is -4.56. The van der Waals surface area contributed by atoms with E-state index in [0.29, 0.717) is 65.2 Å². The van der Waals surface area contributed by atoms with Crippen LogP contribution in [0.5, 0.6) is 11.5 Å². The van der Waals surface area contributed by atoms with Gasteiger partial charge in [0.05, 0.1) is 32.8 Å². The molecule has 0 radical (unpaired) electrons. The standard InChI is InChI=1S/C36H12N4O8S2/c41-35-15-10-22-28-30-24(50(45,46)48-22)12-16-25-13(33-37-17-5-1-3-7-19(17)39(33)36(16)42)9-21-27(31(25)30)29-23(49(43,44)47-21)11-14(26(15)32(28)29)34-38-18-6-2-4-8-20(18)40(34)35/h1-12H. The topological polar surface area (TPSA) is 155 Å². The average molecular weight is 693 g/mol. The molecule has 0 aliphatic carbocycles. The number of para-hydroxylation sites is 4. The minimum Gasteiger partial charge on any atom is -0.378 e. The highest BCUT2D eigenvalue weighted by atomic mass is 32.2. The van der Waals surface area contributed by atoms with Crippen LogP contribution in [0.15, 0.2) is 92.2 Å². The number of benzene rings is 7. The predicted molar refractivity (Wildman–Crippen MR) is 186 cm³/mol. The normalized spacial score (nSPS) is 16.3. The van der Waals surface area contributed by atoms with Gasteiger partial charge in [0, 0.05) is 53.9 Å². The van der Waals surface area contributed by atoms with Crippen molar-refractivity contribution in [1.29, 1.82) is 0 Å². The summed E-state index contributed by atoms with van der Waals surface area (Å²) in [5, 5.41) is 3.65. The smallest absolute Gasteiger partial charge is 0.339 e. The van der Waals surface area contributed by atoms with E-state index in [2.05, 4.69) is 0 Å². The zero-order valence-corrected chi connectivity index (χ0v) is 26.4. The molecular formula is C36H12N4O8S2. The van der Waals surface area contributed by atoms with Crippen LogP contribution in [0.4, 0.5) is 0 Å². The molecule has 236 valence electrons. The van der Waals surface area contributed by atoms with E-state index in [1.165, 1.54) is 27.0 Å². The van der Waals surface area contributed by atoms with Crippen molar-refractivity contribution in [3.63, 3.8) is 0 Å². The Labute approximate surface area is 276 Å². The van der Waals surface area contributed by atoms with Gasteiger partial charge in [-0.25, -0.2) is 9.97 Å². The Morgan fingerprint density at radius 1 is 0.480 bits per heavy atom. The molecule has 14 heteroatoms. The number of hydrogen-bond acceptors (Lipinski definition) is 10.